The van der Waals surface area contributed by atoms with E-state index in [1.807, 2.05) is 5.38 Å². The van der Waals surface area contributed by atoms with Crippen LogP contribution in [0.25, 0.3) is 11.3 Å². The van der Waals surface area contributed by atoms with Crippen molar-refractivity contribution in [1.29, 1.82) is 0 Å². The molecule has 0 bridgehead atoms. The van der Waals surface area contributed by atoms with Crippen LogP contribution in [0.4, 0.5) is 9.52 Å². The molecule has 0 amide bonds. The zero-order valence-corrected chi connectivity index (χ0v) is 17.0. The Balaban J connectivity index is 1.31. The molecular weight excluding hydrogens is 379 g/mol. The van der Waals surface area contributed by atoms with Gasteiger partial charge in [0.05, 0.1) is 5.69 Å². The summed E-state index contributed by atoms with van der Waals surface area (Å²) in [6.07, 6.45) is 6.47. The summed E-state index contributed by atoms with van der Waals surface area (Å²) in [6, 6.07) is 7.07. The standard InChI is InChI=1S/C20H25FN4S2/c21-16-8-6-15(7-9-16)18-14-27-20(23-18)25-12-10-24(11-13-25)19(26)22-17-4-2-1-3-5-17/h6-9,14,17H,1-5,10-13H2,(H,22,26). The van der Waals surface area contributed by atoms with Crippen LogP contribution in [-0.4, -0.2) is 47.2 Å². The summed E-state index contributed by atoms with van der Waals surface area (Å²) in [5.74, 6) is -0.219. The monoisotopic (exact) mass is 404 g/mol. The van der Waals surface area contributed by atoms with Crippen molar-refractivity contribution in [1.82, 2.24) is 15.2 Å². The lowest BCUT2D eigenvalue weighted by Crippen LogP contribution is -2.53. The summed E-state index contributed by atoms with van der Waals surface area (Å²) in [7, 11) is 0. The van der Waals surface area contributed by atoms with Crippen LogP contribution in [0.15, 0.2) is 29.6 Å². The molecular formula is C20H25FN4S2. The summed E-state index contributed by atoms with van der Waals surface area (Å²) in [5, 5.41) is 7.55. The summed E-state index contributed by atoms with van der Waals surface area (Å²) < 4.78 is 13.1. The highest BCUT2D eigenvalue weighted by atomic mass is 32.1. The van der Waals surface area contributed by atoms with Crippen molar-refractivity contribution < 1.29 is 4.39 Å². The smallest absolute Gasteiger partial charge is 0.185 e. The Labute approximate surface area is 169 Å². The molecule has 2 aromatic rings. The van der Waals surface area contributed by atoms with E-state index in [4.69, 9.17) is 17.2 Å². The van der Waals surface area contributed by atoms with E-state index < -0.39 is 0 Å². The second-order valence-electron chi connectivity index (χ2n) is 7.28. The van der Waals surface area contributed by atoms with Gasteiger partial charge in [-0.05, 0) is 49.3 Å². The second-order valence-corrected chi connectivity index (χ2v) is 8.50. The number of halogens is 1. The Bertz CT molecular complexity index is 763. The Hall–Kier alpha value is -1.73. The molecule has 1 aliphatic heterocycles. The van der Waals surface area contributed by atoms with E-state index >= 15 is 0 Å². The molecule has 2 fully saturated rings. The Kier molecular flexibility index (Phi) is 5.88. The maximum atomic E-state index is 13.1. The van der Waals surface area contributed by atoms with Crippen LogP contribution in [-0.2, 0) is 0 Å². The molecule has 1 aliphatic carbocycles. The van der Waals surface area contributed by atoms with Crippen LogP contribution in [0.3, 0.4) is 0 Å². The Morgan fingerprint density at radius 2 is 1.78 bits per heavy atom. The largest absolute Gasteiger partial charge is 0.360 e. The number of rotatable bonds is 3. The lowest BCUT2D eigenvalue weighted by atomic mass is 9.96. The quantitative estimate of drug-likeness (QED) is 0.772. The Morgan fingerprint density at radius 1 is 1.07 bits per heavy atom. The van der Waals surface area contributed by atoms with Gasteiger partial charge in [0, 0.05) is 43.2 Å². The van der Waals surface area contributed by atoms with Crippen molar-refractivity contribution in [2.24, 2.45) is 0 Å². The van der Waals surface area contributed by atoms with Gasteiger partial charge in [-0.1, -0.05) is 19.3 Å². The number of aromatic nitrogens is 1. The molecule has 1 aromatic heterocycles. The highest BCUT2D eigenvalue weighted by Gasteiger charge is 2.23. The molecule has 2 aliphatic rings. The average molecular weight is 405 g/mol. The number of benzene rings is 1. The maximum absolute atomic E-state index is 13.1. The first-order valence-corrected chi connectivity index (χ1v) is 11.0. The summed E-state index contributed by atoms with van der Waals surface area (Å²) in [6.45, 7) is 3.68. The second kappa shape index (κ2) is 8.52. The first-order valence-electron chi connectivity index (χ1n) is 9.71. The minimum atomic E-state index is -0.219. The molecule has 0 radical (unpaired) electrons. The van der Waals surface area contributed by atoms with Crippen LogP contribution < -0.4 is 10.2 Å². The van der Waals surface area contributed by atoms with Gasteiger partial charge in [-0.3, -0.25) is 0 Å². The van der Waals surface area contributed by atoms with Gasteiger partial charge in [0.2, 0.25) is 0 Å². The van der Waals surface area contributed by atoms with Crippen LogP contribution in [0, 0.1) is 5.82 Å². The first-order chi connectivity index (χ1) is 13.2. The van der Waals surface area contributed by atoms with E-state index in [9.17, 15) is 4.39 Å². The fraction of sp³-hybridized carbons (Fsp3) is 0.500. The lowest BCUT2D eigenvalue weighted by molar-refractivity contribution is 0.355. The fourth-order valence-electron chi connectivity index (χ4n) is 3.78. The summed E-state index contributed by atoms with van der Waals surface area (Å²) in [5.41, 5.74) is 1.86. The van der Waals surface area contributed by atoms with Crippen LogP contribution in [0.2, 0.25) is 0 Å². The van der Waals surface area contributed by atoms with E-state index in [1.165, 1.54) is 44.2 Å². The average Bonchev–Trinajstić information content (AvgIpc) is 3.20. The third-order valence-corrected chi connectivity index (χ3v) is 6.68. The number of anilines is 1. The minimum Gasteiger partial charge on any atom is -0.360 e. The number of nitrogens with zero attached hydrogens (tertiary/aromatic N) is 3. The molecule has 4 nitrogen and oxygen atoms in total. The third-order valence-electron chi connectivity index (χ3n) is 5.40. The summed E-state index contributed by atoms with van der Waals surface area (Å²) >= 11 is 7.29. The zero-order chi connectivity index (χ0) is 18.6. The van der Waals surface area contributed by atoms with Gasteiger partial charge in [0.25, 0.3) is 0 Å². The molecule has 144 valence electrons. The lowest BCUT2D eigenvalue weighted by Gasteiger charge is -2.37. The van der Waals surface area contributed by atoms with Crippen molar-refractivity contribution >= 4 is 33.8 Å². The van der Waals surface area contributed by atoms with Gasteiger partial charge in [0.1, 0.15) is 5.82 Å². The normalized spacial score (nSPS) is 18.6. The number of thiocarbonyl (C=S) groups is 1. The van der Waals surface area contributed by atoms with Crippen molar-refractivity contribution in [2.45, 2.75) is 38.1 Å². The van der Waals surface area contributed by atoms with E-state index in [0.29, 0.717) is 6.04 Å². The highest BCUT2D eigenvalue weighted by Crippen LogP contribution is 2.28. The Morgan fingerprint density at radius 3 is 2.48 bits per heavy atom. The molecule has 4 rings (SSSR count). The molecule has 1 N–H and O–H groups in total. The maximum Gasteiger partial charge on any atom is 0.185 e. The molecule has 0 spiro atoms. The van der Waals surface area contributed by atoms with E-state index in [1.54, 1.807) is 23.5 Å². The van der Waals surface area contributed by atoms with Crippen molar-refractivity contribution in [3.8, 4) is 11.3 Å². The number of piperazine rings is 1. The predicted molar refractivity (Wildman–Crippen MR) is 114 cm³/mol. The molecule has 7 heteroatoms. The van der Waals surface area contributed by atoms with Gasteiger partial charge >= 0.3 is 0 Å². The van der Waals surface area contributed by atoms with E-state index in [2.05, 4.69) is 15.1 Å². The molecule has 1 saturated carbocycles. The predicted octanol–water partition coefficient (Wildman–Crippen LogP) is 4.28. The molecule has 0 unspecified atom stereocenters. The highest BCUT2D eigenvalue weighted by molar-refractivity contribution is 7.80. The van der Waals surface area contributed by atoms with Gasteiger partial charge in [0.15, 0.2) is 10.2 Å². The van der Waals surface area contributed by atoms with Crippen LogP contribution in [0.5, 0.6) is 0 Å². The van der Waals surface area contributed by atoms with Gasteiger partial charge < -0.3 is 15.1 Å². The van der Waals surface area contributed by atoms with Crippen molar-refractivity contribution in [3.63, 3.8) is 0 Å². The molecule has 2 heterocycles. The number of nitrogens with one attached hydrogen (secondary N) is 1. The number of hydrogen-bond acceptors (Lipinski definition) is 4. The third kappa shape index (κ3) is 4.58. The number of thiazole rings is 1. The SMILES string of the molecule is Fc1ccc(-c2csc(N3CCN(C(=S)NC4CCCCC4)CC3)n2)cc1. The van der Waals surface area contributed by atoms with E-state index in [0.717, 1.165) is 47.7 Å². The van der Waals surface area contributed by atoms with E-state index in [-0.39, 0.29) is 5.82 Å². The molecule has 1 saturated heterocycles. The van der Waals surface area contributed by atoms with Gasteiger partial charge in [-0.2, -0.15) is 0 Å². The van der Waals surface area contributed by atoms with Crippen molar-refractivity contribution in [3.05, 3.63) is 35.5 Å². The zero-order valence-electron chi connectivity index (χ0n) is 15.4. The van der Waals surface area contributed by atoms with Crippen molar-refractivity contribution in [2.75, 3.05) is 31.1 Å². The van der Waals surface area contributed by atoms with Crippen LogP contribution in [0.1, 0.15) is 32.1 Å². The minimum absolute atomic E-state index is 0.219. The van der Waals surface area contributed by atoms with Gasteiger partial charge in [-0.25, -0.2) is 9.37 Å². The first kappa shape index (κ1) is 18.6. The number of hydrogen-bond donors (Lipinski definition) is 1. The topological polar surface area (TPSA) is 31.4 Å². The summed E-state index contributed by atoms with van der Waals surface area (Å²) in [4.78, 5) is 9.36. The van der Waals surface area contributed by atoms with Gasteiger partial charge in [-0.15, -0.1) is 11.3 Å². The molecule has 1 aromatic carbocycles. The molecule has 0 atom stereocenters. The molecule has 27 heavy (non-hydrogen) atoms. The van der Waals surface area contributed by atoms with Crippen LogP contribution >= 0.6 is 23.6 Å². The fourth-order valence-corrected chi connectivity index (χ4v) is 5.01.